The zero-order valence-electron chi connectivity index (χ0n) is 36.8. The van der Waals surface area contributed by atoms with Crippen molar-refractivity contribution in [2.45, 2.75) is 5.41 Å². The van der Waals surface area contributed by atoms with Gasteiger partial charge in [0.1, 0.15) is 0 Å². The van der Waals surface area contributed by atoms with Crippen molar-refractivity contribution in [3.8, 4) is 39.1 Å². The van der Waals surface area contributed by atoms with Crippen LogP contribution in [0, 0.1) is 0 Å². The zero-order valence-corrected chi connectivity index (χ0v) is 36.8. The number of fused-ring (bicyclic) bond motifs is 7. The summed E-state index contributed by atoms with van der Waals surface area (Å²) in [6.45, 7) is 0. The topological polar surface area (TPSA) is 8.17 Å². The Bertz CT molecular complexity index is 3810. The van der Waals surface area contributed by atoms with E-state index < -0.39 is 5.41 Å². The van der Waals surface area contributed by atoms with E-state index in [1.54, 1.807) is 0 Å². The molecule has 0 spiro atoms. The molecule has 0 fully saturated rings. The first-order valence-electron chi connectivity index (χ1n) is 23.2. The van der Waals surface area contributed by atoms with Crippen LogP contribution in [0.2, 0.25) is 0 Å². The predicted molar refractivity (Wildman–Crippen MR) is 281 cm³/mol. The largest absolute Gasteiger partial charge is 0.310 e. The van der Waals surface area contributed by atoms with Crippen molar-refractivity contribution in [1.29, 1.82) is 0 Å². The summed E-state index contributed by atoms with van der Waals surface area (Å²) in [6.07, 6.45) is 0. The molecule has 0 N–H and O–H groups in total. The van der Waals surface area contributed by atoms with E-state index in [2.05, 4.69) is 276 Å². The van der Waals surface area contributed by atoms with E-state index in [0.717, 1.165) is 28.3 Å². The summed E-state index contributed by atoms with van der Waals surface area (Å²) in [4.78, 5) is 2.50. The Morgan fingerprint density at radius 3 is 1.61 bits per heavy atom. The zero-order chi connectivity index (χ0) is 44.3. The molecule has 1 aromatic heterocycles. The number of benzene rings is 11. The maximum atomic E-state index is 2.50. The summed E-state index contributed by atoms with van der Waals surface area (Å²) >= 11 is 0. The van der Waals surface area contributed by atoms with Crippen molar-refractivity contribution in [3.05, 3.63) is 289 Å². The Labute approximate surface area is 390 Å². The smallest absolute Gasteiger partial charge is 0.0720 e. The number of hydrogen-bond acceptors (Lipinski definition) is 1. The molecule has 0 saturated carbocycles. The van der Waals surface area contributed by atoms with Gasteiger partial charge >= 0.3 is 0 Å². The summed E-state index contributed by atoms with van der Waals surface area (Å²) < 4.78 is 2.47. The number of hydrogen-bond donors (Lipinski definition) is 0. The number of rotatable bonds is 8. The molecule has 1 aliphatic carbocycles. The minimum absolute atomic E-state index is 0.627. The molecule has 0 radical (unpaired) electrons. The van der Waals surface area contributed by atoms with Crippen LogP contribution in [0.15, 0.2) is 267 Å². The molecular weight excluding hydrogens is 809 g/mol. The standard InChI is InChI=1S/C65H44N2/c1-4-21-45(22-5-1)51-29-12-16-34-58(51)65(48-27-8-3-9-28-48)59-35-17-13-32-54(59)55-41-39-49(43-60(55)65)66(61-38-20-26-47-25-10-11-30-52(47)61)50-40-42-57-56-33-15-19-37-63(56)67(64(57)44-50)62-36-18-14-31-53(62)46-23-6-2-7-24-46/h1-44H. The highest BCUT2D eigenvalue weighted by Gasteiger charge is 2.47. The SMILES string of the molecule is c1ccc(-c2ccccc2-n2c3ccccc3c3ccc(N(c4ccc5c(c4)C(c4ccccc4)(c4ccccc4-c4ccccc4)c4ccccc4-5)c4cccc5ccccc45)cc32)cc1. The van der Waals surface area contributed by atoms with Crippen molar-refractivity contribution in [2.75, 3.05) is 4.90 Å². The van der Waals surface area contributed by atoms with Gasteiger partial charge in [0.25, 0.3) is 0 Å². The molecule has 0 amide bonds. The highest BCUT2D eigenvalue weighted by Crippen LogP contribution is 2.59. The normalized spacial score (nSPS) is 14.0. The predicted octanol–water partition coefficient (Wildman–Crippen LogP) is 17.1. The molecule has 0 saturated heterocycles. The minimum atomic E-state index is -0.627. The summed E-state index contributed by atoms with van der Waals surface area (Å²) in [5, 5.41) is 4.82. The van der Waals surface area contributed by atoms with Gasteiger partial charge in [0, 0.05) is 33.1 Å². The second-order valence-electron chi connectivity index (χ2n) is 17.6. The van der Waals surface area contributed by atoms with Crippen molar-refractivity contribution in [1.82, 2.24) is 4.57 Å². The molecule has 0 bridgehead atoms. The molecule has 2 nitrogen and oxygen atoms in total. The van der Waals surface area contributed by atoms with Gasteiger partial charge in [-0.2, -0.15) is 0 Å². The summed E-state index contributed by atoms with van der Waals surface area (Å²) in [7, 11) is 0. The molecule has 1 unspecified atom stereocenters. The fourth-order valence-corrected chi connectivity index (χ4v) is 11.2. The number of aromatic nitrogens is 1. The van der Waals surface area contributed by atoms with Crippen LogP contribution in [-0.2, 0) is 5.41 Å². The molecule has 67 heavy (non-hydrogen) atoms. The van der Waals surface area contributed by atoms with E-state index in [1.807, 2.05) is 0 Å². The van der Waals surface area contributed by atoms with Crippen molar-refractivity contribution >= 4 is 49.6 Å². The second kappa shape index (κ2) is 15.8. The van der Waals surface area contributed by atoms with Gasteiger partial charge in [0.2, 0.25) is 0 Å². The molecule has 12 aromatic rings. The average Bonchev–Trinajstić information content (AvgIpc) is 3.89. The van der Waals surface area contributed by atoms with Gasteiger partial charge < -0.3 is 9.47 Å². The van der Waals surface area contributed by atoms with Gasteiger partial charge in [0.15, 0.2) is 0 Å². The molecule has 13 rings (SSSR count). The lowest BCUT2D eigenvalue weighted by molar-refractivity contribution is 0.770. The lowest BCUT2D eigenvalue weighted by Crippen LogP contribution is -2.29. The van der Waals surface area contributed by atoms with Crippen molar-refractivity contribution in [3.63, 3.8) is 0 Å². The lowest BCUT2D eigenvalue weighted by Gasteiger charge is -2.36. The summed E-state index contributed by atoms with van der Waals surface area (Å²) in [5.74, 6) is 0. The molecule has 1 aliphatic rings. The summed E-state index contributed by atoms with van der Waals surface area (Å²) in [6, 6.07) is 98.3. The lowest BCUT2D eigenvalue weighted by atomic mass is 9.66. The first-order valence-corrected chi connectivity index (χ1v) is 23.2. The molecular formula is C65H44N2. The van der Waals surface area contributed by atoms with Crippen LogP contribution in [0.3, 0.4) is 0 Å². The van der Waals surface area contributed by atoms with Gasteiger partial charge in [0.05, 0.1) is 27.8 Å². The first-order chi connectivity index (χ1) is 33.3. The fraction of sp³-hybridized carbons (Fsp3) is 0.0154. The van der Waals surface area contributed by atoms with E-state index >= 15 is 0 Å². The summed E-state index contributed by atoms with van der Waals surface area (Å²) in [5.41, 5.74) is 18.5. The highest BCUT2D eigenvalue weighted by molar-refractivity contribution is 6.11. The molecule has 314 valence electrons. The van der Waals surface area contributed by atoms with Crippen LogP contribution in [0.4, 0.5) is 17.1 Å². The second-order valence-corrected chi connectivity index (χ2v) is 17.6. The monoisotopic (exact) mass is 852 g/mol. The van der Waals surface area contributed by atoms with Gasteiger partial charge in [-0.05, 0) is 97.9 Å². The molecule has 1 atom stereocenters. The van der Waals surface area contributed by atoms with E-state index in [-0.39, 0.29) is 0 Å². The van der Waals surface area contributed by atoms with E-state index in [0.29, 0.717) is 0 Å². The van der Waals surface area contributed by atoms with E-state index in [9.17, 15) is 0 Å². The maximum Gasteiger partial charge on any atom is 0.0720 e. The van der Waals surface area contributed by atoms with Gasteiger partial charge in [-0.15, -0.1) is 0 Å². The maximum absolute atomic E-state index is 2.50. The Morgan fingerprint density at radius 1 is 0.313 bits per heavy atom. The first kappa shape index (κ1) is 38.7. The third kappa shape index (κ3) is 6.04. The molecule has 11 aromatic carbocycles. The molecule has 2 heteroatoms. The van der Waals surface area contributed by atoms with Crippen LogP contribution in [0.25, 0.3) is 71.6 Å². The van der Waals surface area contributed by atoms with Crippen LogP contribution in [0.5, 0.6) is 0 Å². The number of nitrogens with zero attached hydrogens (tertiary/aromatic N) is 2. The Balaban J connectivity index is 1.11. The van der Waals surface area contributed by atoms with Gasteiger partial charge in [-0.3, -0.25) is 0 Å². The van der Waals surface area contributed by atoms with Gasteiger partial charge in [-0.1, -0.05) is 224 Å². The van der Waals surface area contributed by atoms with Crippen LogP contribution in [-0.4, -0.2) is 4.57 Å². The number of para-hydroxylation sites is 2. The minimum Gasteiger partial charge on any atom is -0.310 e. The average molecular weight is 853 g/mol. The van der Waals surface area contributed by atoms with Crippen LogP contribution in [0.1, 0.15) is 22.3 Å². The quantitative estimate of drug-likeness (QED) is 0.148. The molecule has 0 aliphatic heterocycles. The third-order valence-corrected chi connectivity index (χ3v) is 14.1. The van der Waals surface area contributed by atoms with Gasteiger partial charge in [-0.25, -0.2) is 0 Å². The highest BCUT2D eigenvalue weighted by atomic mass is 15.1. The van der Waals surface area contributed by atoms with Crippen molar-refractivity contribution in [2.24, 2.45) is 0 Å². The Kier molecular flexibility index (Phi) is 9.11. The third-order valence-electron chi connectivity index (χ3n) is 14.1. The van der Waals surface area contributed by atoms with Crippen molar-refractivity contribution < 1.29 is 0 Å². The Morgan fingerprint density at radius 2 is 0.836 bits per heavy atom. The van der Waals surface area contributed by atoms with Crippen LogP contribution >= 0.6 is 0 Å². The number of anilines is 3. The van der Waals surface area contributed by atoms with E-state index in [4.69, 9.17) is 0 Å². The molecule has 1 heterocycles. The fourth-order valence-electron chi connectivity index (χ4n) is 11.2. The Hall–Kier alpha value is -8.72. The van der Waals surface area contributed by atoms with Crippen LogP contribution < -0.4 is 4.90 Å². The van der Waals surface area contributed by atoms with E-state index in [1.165, 1.54) is 82.7 Å².